The molecule has 0 aromatic heterocycles. The highest BCUT2D eigenvalue weighted by atomic mass is 16.2. The Balaban J connectivity index is 1.49. The number of urea groups is 1. The van der Waals surface area contributed by atoms with Gasteiger partial charge < -0.3 is 15.5 Å². The molecule has 1 unspecified atom stereocenters. The van der Waals surface area contributed by atoms with Crippen LogP contribution in [0.3, 0.4) is 0 Å². The van der Waals surface area contributed by atoms with Gasteiger partial charge in [-0.3, -0.25) is 4.79 Å². The maximum Gasteiger partial charge on any atom is 0.315 e. The van der Waals surface area contributed by atoms with E-state index in [1.54, 1.807) is 4.90 Å². The van der Waals surface area contributed by atoms with Crippen molar-refractivity contribution in [2.75, 3.05) is 13.1 Å². The highest BCUT2D eigenvalue weighted by Gasteiger charge is 2.21. The normalized spacial score (nSPS) is 14.3. The number of rotatable bonds is 4. The summed E-state index contributed by atoms with van der Waals surface area (Å²) in [5, 5.41) is 5.57. The van der Waals surface area contributed by atoms with E-state index in [1.165, 1.54) is 11.1 Å². The predicted molar refractivity (Wildman–Crippen MR) is 102 cm³/mol. The van der Waals surface area contributed by atoms with E-state index < -0.39 is 0 Å². The molecule has 3 amide bonds. The van der Waals surface area contributed by atoms with Crippen LogP contribution in [0.25, 0.3) is 0 Å². The average molecular weight is 351 g/mol. The van der Waals surface area contributed by atoms with Crippen LogP contribution in [-0.2, 0) is 17.8 Å². The lowest BCUT2D eigenvalue weighted by Gasteiger charge is -2.29. The van der Waals surface area contributed by atoms with E-state index in [0.717, 1.165) is 17.5 Å². The lowest BCUT2D eigenvalue weighted by atomic mass is 10.00. The Hall–Kier alpha value is -2.82. The van der Waals surface area contributed by atoms with Gasteiger partial charge in [-0.2, -0.15) is 0 Å². The fourth-order valence-electron chi connectivity index (χ4n) is 3.37. The number of fused-ring (bicyclic) bond motifs is 1. The molecule has 26 heavy (non-hydrogen) atoms. The van der Waals surface area contributed by atoms with Gasteiger partial charge in [-0.1, -0.05) is 48.5 Å². The first-order chi connectivity index (χ1) is 12.5. The summed E-state index contributed by atoms with van der Waals surface area (Å²) in [7, 11) is 0. The van der Waals surface area contributed by atoms with Crippen molar-refractivity contribution < 1.29 is 9.59 Å². The van der Waals surface area contributed by atoms with Gasteiger partial charge in [0.1, 0.15) is 0 Å². The van der Waals surface area contributed by atoms with E-state index in [2.05, 4.69) is 22.8 Å². The standard InChI is InChI=1S/C21H25N3O2/c1-15-7-3-6-10-19(15)16(2)23-21(26)22-13-20(25)24-12-11-17-8-4-5-9-18(17)14-24/h3-10,16H,11-14H2,1-2H3,(H2,22,23,26). The van der Waals surface area contributed by atoms with Gasteiger partial charge in [-0.15, -0.1) is 0 Å². The van der Waals surface area contributed by atoms with Crippen LogP contribution in [0.15, 0.2) is 48.5 Å². The molecule has 0 fully saturated rings. The molecule has 5 heteroatoms. The molecule has 5 nitrogen and oxygen atoms in total. The largest absolute Gasteiger partial charge is 0.336 e. The molecule has 1 aliphatic heterocycles. The molecule has 2 aromatic rings. The van der Waals surface area contributed by atoms with Crippen LogP contribution in [0.1, 0.15) is 35.2 Å². The van der Waals surface area contributed by atoms with E-state index in [0.29, 0.717) is 13.1 Å². The minimum Gasteiger partial charge on any atom is -0.336 e. The molecule has 0 spiro atoms. The first-order valence-electron chi connectivity index (χ1n) is 8.99. The lowest BCUT2D eigenvalue weighted by Crippen LogP contribution is -2.45. The van der Waals surface area contributed by atoms with Gasteiger partial charge in [0, 0.05) is 13.1 Å². The molecular formula is C21H25N3O2. The number of nitrogens with one attached hydrogen (secondary N) is 2. The van der Waals surface area contributed by atoms with Crippen molar-refractivity contribution in [3.05, 3.63) is 70.8 Å². The molecule has 0 radical (unpaired) electrons. The second kappa shape index (κ2) is 8.04. The Bertz CT molecular complexity index is 803. The average Bonchev–Trinajstić information content (AvgIpc) is 2.66. The van der Waals surface area contributed by atoms with Crippen LogP contribution in [0.5, 0.6) is 0 Å². The smallest absolute Gasteiger partial charge is 0.315 e. The van der Waals surface area contributed by atoms with Gasteiger partial charge in [0.05, 0.1) is 12.6 Å². The third-order valence-corrected chi connectivity index (χ3v) is 4.89. The van der Waals surface area contributed by atoms with E-state index in [-0.39, 0.29) is 24.5 Å². The highest BCUT2D eigenvalue weighted by molar-refractivity contribution is 5.84. The highest BCUT2D eigenvalue weighted by Crippen LogP contribution is 2.18. The number of carbonyl (C=O) groups excluding carboxylic acids is 2. The summed E-state index contributed by atoms with van der Waals surface area (Å²) in [5.41, 5.74) is 4.68. The Kier molecular flexibility index (Phi) is 5.56. The monoisotopic (exact) mass is 351 g/mol. The van der Waals surface area contributed by atoms with E-state index in [9.17, 15) is 9.59 Å². The summed E-state index contributed by atoms with van der Waals surface area (Å²) in [5.74, 6) is -0.0572. The van der Waals surface area contributed by atoms with Crippen molar-refractivity contribution >= 4 is 11.9 Å². The fraction of sp³-hybridized carbons (Fsp3) is 0.333. The van der Waals surface area contributed by atoms with Crippen molar-refractivity contribution in [2.45, 2.75) is 32.9 Å². The summed E-state index contributed by atoms with van der Waals surface area (Å²) in [6.45, 7) is 5.26. The summed E-state index contributed by atoms with van der Waals surface area (Å²) in [4.78, 5) is 26.3. The predicted octanol–water partition coefficient (Wildman–Crippen LogP) is 2.94. The van der Waals surface area contributed by atoms with Gasteiger partial charge in [-0.05, 0) is 42.5 Å². The quantitative estimate of drug-likeness (QED) is 0.890. The first kappa shape index (κ1) is 18.0. The zero-order chi connectivity index (χ0) is 18.5. The van der Waals surface area contributed by atoms with Gasteiger partial charge in [-0.25, -0.2) is 4.79 Å². The van der Waals surface area contributed by atoms with Crippen LogP contribution in [-0.4, -0.2) is 29.9 Å². The maximum absolute atomic E-state index is 12.4. The number of hydrogen-bond acceptors (Lipinski definition) is 2. The molecular weight excluding hydrogens is 326 g/mol. The molecule has 2 N–H and O–H groups in total. The zero-order valence-electron chi connectivity index (χ0n) is 15.3. The van der Waals surface area contributed by atoms with Crippen LogP contribution >= 0.6 is 0 Å². The Morgan fingerprint density at radius 1 is 1.08 bits per heavy atom. The molecule has 0 bridgehead atoms. The van der Waals surface area contributed by atoms with Gasteiger partial charge >= 0.3 is 6.03 Å². The minimum atomic E-state index is -0.327. The van der Waals surface area contributed by atoms with Crippen LogP contribution < -0.4 is 10.6 Å². The van der Waals surface area contributed by atoms with Crippen molar-refractivity contribution in [3.63, 3.8) is 0 Å². The number of carbonyl (C=O) groups is 2. The first-order valence-corrected chi connectivity index (χ1v) is 8.99. The molecule has 0 saturated heterocycles. The Labute approximate surface area is 154 Å². The topological polar surface area (TPSA) is 61.4 Å². The fourth-order valence-corrected chi connectivity index (χ4v) is 3.37. The summed E-state index contributed by atoms with van der Waals surface area (Å²) in [6.07, 6.45) is 0.860. The van der Waals surface area contributed by atoms with Gasteiger partial charge in [0.25, 0.3) is 0 Å². The third kappa shape index (κ3) is 4.23. The lowest BCUT2D eigenvalue weighted by molar-refractivity contribution is -0.131. The maximum atomic E-state index is 12.4. The van der Waals surface area contributed by atoms with Gasteiger partial charge in [0.2, 0.25) is 5.91 Å². The second-order valence-electron chi connectivity index (χ2n) is 6.74. The molecule has 136 valence electrons. The summed E-state index contributed by atoms with van der Waals surface area (Å²) < 4.78 is 0. The number of aryl methyl sites for hydroxylation is 1. The number of amides is 3. The SMILES string of the molecule is Cc1ccccc1C(C)NC(=O)NCC(=O)N1CCc2ccccc2C1. The molecule has 1 atom stereocenters. The van der Waals surface area contributed by atoms with E-state index in [1.807, 2.05) is 50.2 Å². The molecule has 0 aliphatic carbocycles. The van der Waals surface area contributed by atoms with Crippen LogP contribution in [0.2, 0.25) is 0 Å². The van der Waals surface area contributed by atoms with E-state index in [4.69, 9.17) is 0 Å². The van der Waals surface area contributed by atoms with Crippen LogP contribution in [0, 0.1) is 6.92 Å². The number of hydrogen-bond donors (Lipinski definition) is 2. The van der Waals surface area contributed by atoms with Crippen molar-refractivity contribution in [1.82, 2.24) is 15.5 Å². The molecule has 1 heterocycles. The van der Waals surface area contributed by atoms with Crippen molar-refractivity contribution in [2.24, 2.45) is 0 Å². The van der Waals surface area contributed by atoms with Crippen molar-refractivity contribution in [3.8, 4) is 0 Å². The second-order valence-corrected chi connectivity index (χ2v) is 6.74. The third-order valence-electron chi connectivity index (χ3n) is 4.89. The summed E-state index contributed by atoms with van der Waals surface area (Å²) >= 11 is 0. The Morgan fingerprint density at radius 2 is 1.77 bits per heavy atom. The van der Waals surface area contributed by atoms with Crippen molar-refractivity contribution in [1.29, 1.82) is 0 Å². The molecule has 3 rings (SSSR count). The number of benzene rings is 2. The molecule has 1 aliphatic rings. The zero-order valence-corrected chi connectivity index (χ0v) is 15.3. The number of nitrogens with zero attached hydrogens (tertiary/aromatic N) is 1. The van der Waals surface area contributed by atoms with E-state index >= 15 is 0 Å². The summed E-state index contributed by atoms with van der Waals surface area (Å²) in [6, 6.07) is 15.7. The molecule has 0 saturated carbocycles. The Morgan fingerprint density at radius 3 is 2.54 bits per heavy atom. The minimum absolute atomic E-state index is 0.00842. The van der Waals surface area contributed by atoms with Gasteiger partial charge in [0.15, 0.2) is 0 Å². The molecule has 2 aromatic carbocycles. The van der Waals surface area contributed by atoms with Crippen LogP contribution in [0.4, 0.5) is 4.79 Å².